The predicted molar refractivity (Wildman–Crippen MR) is 97.3 cm³/mol. The van der Waals surface area contributed by atoms with E-state index >= 15 is 0 Å². The Morgan fingerprint density at radius 2 is 1.92 bits per heavy atom. The Bertz CT molecular complexity index is 727. The van der Waals surface area contributed by atoms with Gasteiger partial charge in [-0.15, -0.1) is 16.4 Å². The van der Waals surface area contributed by atoms with E-state index in [0.717, 1.165) is 34.7 Å². The molecule has 0 radical (unpaired) electrons. The molecule has 126 valence electrons. The maximum Gasteiger partial charge on any atom is 0.208 e. The molecule has 0 saturated carbocycles. The number of hydrogen-bond donors (Lipinski definition) is 1. The van der Waals surface area contributed by atoms with Crippen LogP contribution in [0, 0.1) is 0 Å². The number of hydrogen-bond acceptors (Lipinski definition) is 6. The van der Waals surface area contributed by atoms with Crippen LogP contribution in [0.5, 0.6) is 11.5 Å². The van der Waals surface area contributed by atoms with Gasteiger partial charge in [0, 0.05) is 17.1 Å². The summed E-state index contributed by atoms with van der Waals surface area (Å²) >= 11 is 3.31. The fraction of sp³-hybridized carbons (Fsp3) is 0.294. The first-order valence-corrected chi connectivity index (χ1v) is 9.62. The number of nitrogens with one attached hydrogen (secondary N) is 1. The minimum Gasteiger partial charge on any atom is -0.494 e. The molecule has 0 fully saturated rings. The number of aromatic nitrogens is 3. The molecule has 2 heterocycles. The van der Waals surface area contributed by atoms with Crippen LogP contribution in [0.4, 0.5) is 0 Å². The molecule has 2 aromatic heterocycles. The molecule has 0 saturated heterocycles. The van der Waals surface area contributed by atoms with E-state index in [1.807, 2.05) is 37.3 Å². The van der Waals surface area contributed by atoms with E-state index in [0.29, 0.717) is 13.2 Å². The van der Waals surface area contributed by atoms with E-state index in [-0.39, 0.29) is 0 Å². The molecule has 3 rings (SSSR count). The molecule has 24 heavy (non-hydrogen) atoms. The number of aromatic amines is 1. The van der Waals surface area contributed by atoms with E-state index in [1.54, 1.807) is 23.1 Å². The second-order valence-corrected chi connectivity index (χ2v) is 7.02. The molecule has 1 N–H and O–H groups in total. The van der Waals surface area contributed by atoms with Crippen LogP contribution in [0.2, 0.25) is 0 Å². The van der Waals surface area contributed by atoms with Crippen LogP contribution in [0.3, 0.4) is 0 Å². The van der Waals surface area contributed by atoms with E-state index in [2.05, 4.69) is 26.6 Å². The van der Waals surface area contributed by atoms with Gasteiger partial charge in [-0.1, -0.05) is 17.8 Å². The maximum absolute atomic E-state index is 5.71. The molecule has 0 unspecified atom stereocenters. The molecule has 0 bridgehead atoms. The van der Waals surface area contributed by atoms with Crippen LogP contribution in [0.1, 0.15) is 17.6 Å². The van der Waals surface area contributed by atoms with Crippen molar-refractivity contribution in [3.8, 4) is 11.5 Å². The number of ether oxygens (including phenoxy) is 2. The minimum absolute atomic E-state index is 0.605. The van der Waals surface area contributed by atoms with Gasteiger partial charge >= 0.3 is 0 Å². The molecule has 1 aromatic carbocycles. The Morgan fingerprint density at radius 3 is 2.62 bits per heavy atom. The molecule has 7 heteroatoms. The lowest BCUT2D eigenvalue weighted by molar-refractivity contribution is 0.332. The topological polar surface area (TPSA) is 60.0 Å². The normalized spacial score (nSPS) is 10.7. The quantitative estimate of drug-likeness (QED) is 0.461. The summed E-state index contributed by atoms with van der Waals surface area (Å²) in [6.07, 6.45) is 0.800. The lowest BCUT2D eigenvalue weighted by atomic mass is 10.3. The lowest BCUT2D eigenvalue weighted by Gasteiger charge is -2.06. The SMILES string of the molecule is CCOc1ccc(OCCSc2n[nH]c(Cc3cccs3)n2)cc1. The highest BCUT2D eigenvalue weighted by Gasteiger charge is 2.05. The van der Waals surface area contributed by atoms with Crippen molar-refractivity contribution in [1.29, 1.82) is 0 Å². The minimum atomic E-state index is 0.605. The zero-order chi connectivity index (χ0) is 16.6. The second kappa shape index (κ2) is 8.75. The van der Waals surface area contributed by atoms with Gasteiger partial charge in [0.2, 0.25) is 5.16 Å². The van der Waals surface area contributed by atoms with Crippen molar-refractivity contribution in [3.63, 3.8) is 0 Å². The standard InChI is InChI=1S/C17H19N3O2S2/c1-2-21-13-5-7-14(8-6-13)22-9-11-24-17-18-16(19-20-17)12-15-4-3-10-23-15/h3-8,10H,2,9,11-12H2,1H3,(H,18,19,20). The summed E-state index contributed by atoms with van der Waals surface area (Å²) < 4.78 is 11.1. The summed E-state index contributed by atoms with van der Waals surface area (Å²) in [6.45, 7) is 3.24. The average Bonchev–Trinajstić information content (AvgIpc) is 3.26. The third-order valence-electron chi connectivity index (χ3n) is 3.15. The van der Waals surface area contributed by atoms with E-state index in [1.165, 1.54) is 4.88 Å². The highest BCUT2D eigenvalue weighted by Crippen LogP contribution is 2.19. The van der Waals surface area contributed by atoms with E-state index in [4.69, 9.17) is 9.47 Å². The number of H-pyrrole nitrogens is 1. The van der Waals surface area contributed by atoms with Crippen molar-refractivity contribution < 1.29 is 9.47 Å². The first-order valence-electron chi connectivity index (χ1n) is 7.75. The van der Waals surface area contributed by atoms with Gasteiger partial charge < -0.3 is 9.47 Å². The fourth-order valence-corrected chi connectivity index (χ4v) is 3.43. The predicted octanol–water partition coefficient (Wildman–Crippen LogP) is 4.03. The maximum atomic E-state index is 5.71. The molecule has 0 aliphatic carbocycles. The molecule has 0 atom stereocenters. The zero-order valence-corrected chi connectivity index (χ0v) is 15.0. The third-order valence-corrected chi connectivity index (χ3v) is 4.84. The van der Waals surface area contributed by atoms with Crippen molar-refractivity contribution in [3.05, 3.63) is 52.5 Å². The average molecular weight is 361 g/mol. The molecule has 0 amide bonds. The van der Waals surface area contributed by atoms with Crippen molar-refractivity contribution >= 4 is 23.1 Å². The summed E-state index contributed by atoms with van der Waals surface area (Å²) in [4.78, 5) is 5.77. The summed E-state index contributed by atoms with van der Waals surface area (Å²) in [5.41, 5.74) is 0. The van der Waals surface area contributed by atoms with E-state index in [9.17, 15) is 0 Å². The van der Waals surface area contributed by atoms with Gasteiger partial charge in [-0.3, -0.25) is 5.10 Å². The van der Waals surface area contributed by atoms with Gasteiger partial charge in [0.25, 0.3) is 0 Å². The number of thioether (sulfide) groups is 1. The summed E-state index contributed by atoms with van der Waals surface area (Å²) in [5.74, 6) is 3.39. The molecular formula is C17H19N3O2S2. The Labute approximate surface area is 149 Å². The van der Waals surface area contributed by atoms with Crippen LogP contribution < -0.4 is 9.47 Å². The van der Waals surface area contributed by atoms with Gasteiger partial charge in [-0.25, -0.2) is 4.98 Å². The smallest absolute Gasteiger partial charge is 0.208 e. The molecule has 0 aliphatic heterocycles. The first kappa shape index (κ1) is 16.9. The van der Waals surface area contributed by atoms with Crippen LogP contribution in [0.15, 0.2) is 46.9 Å². The van der Waals surface area contributed by atoms with Crippen LogP contribution in [-0.4, -0.2) is 34.1 Å². The van der Waals surface area contributed by atoms with Gasteiger partial charge in [-0.2, -0.15) is 0 Å². The van der Waals surface area contributed by atoms with Gasteiger partial charge in [-0.05, 0) is 42.6 Å². The van der Waals surface area contributed by atoms with Gasteiger partial charge in [0.15, 0.2) is 0 Å². The molecular weight excluding hydrogens is 342 g/mol. The lowest BCUT2D eigenvalue weighted by Crippen LogP contribution is -2.00. The van der Waals surface area contributed by atoms with E-state index < -0.39 is 0 Å². The molecule has 0 aliphatic rings. The Kier molecular flexibility index (Phi) is 6.14. The molecule has 5 nitrogen and oxygen atoms in total. The van der Waals surface area contributed by atoms with Crippen LogP contribution in [-0.2, 0) is 6.42 Å². The number of nitrogens with zero attached hydrogens (tertiary/aromatic N) is 2. The second-order valence-electron chi connectivity index (χ2n) is 4.92. The Hall–Kier alpha value is -1.99. The summed E-state index contributed by atoms with van der Waals surface area (Å²) in [6, 6.07) is 11.8. The highest BCUT2D eigenvalue weighted by atomic mass is 32.2. The Morgan fingerprint density at radius 1 is 1.12 bits per heavy atom. The third kappa shape index (κ3) is 5.01. The van der Waals surface area contributed by atoms with Crippen molar-refractivity contribution in [2.45, 2.75) is 18.5 Å². The van der Waals surface area contributed by atoms with Crippen LogP contribution in [0.25, 0.3) is 0 Å². The summed E-state index contributed by atoms with van der Waals surface area (Å²) in [7, 11) is 0. The van der Waals surface area contributed by atoms with Crippen molar-refractivity contribution in [1.82, 2.24) is 15.2 Å². The highest BCUT2D eigenvalue weighted by molar-refractivity contribution is 7.99. The number of rotatable bonds is 9. The van der Waals surface area contributed by atoms with Crippen molar-refractivity contribution in [2.75, 3.05) is 19.0 Å². The van der Waals surface area contributed by atoms with Crippen LogP contribution >= 0.6 is 23.1 Å². The zero-order valence-electron chi connectivity index (χ0n) is 13.4. The van der Waals surface area contributed by atoms with Gasteiger partial charge in [0.05, 0.1) is 13.2 Å². The molecule has 3 aromatic rings. The summed E-state index contributed by atoms with van der Waals surface area (Å²) in [5, 5.41) is 10.1. The van der Waals surface area contributed by atoms with Crippen molar-refractivity contribution in [2.24, 2.45) is 0 Å². The Balaban J connectivity index is 1.39. The number of benzene rings is 1. The van der Waals surface area contributed by atoms with Gasteiger partial charge in [0.1, 0.15) is 17.3 Å². The monoisotopic (exact) mass is 361 g/mol. The number of thiophene rings is 1. The fourth-order valence-electron chi connectivity index (χ4n) is 2.09. The molecule has 0 spiro atoms. The largest absolute Gasteiger partial charge is 0.494 e. The first-order chi connectivity index (χ1) is 11.8.